The Morgan fingerprint density at radius 2 is 1.85 bits per heavy atom. The van der Waals surface area contributed by atoms with Crippen LogP contribution in [0.5, 0.6) is 0 Å². The molecule has 0 spiro atoms. The van der Waals surface area contributed by atoms with Crippen LogP contribution in [0, 0.1) is 0 Å². The van der Waals surface area contributed by atoms with E-state index in [0.29, 0.717) is 10.6 Å². The van der Waals surface area contributed by atoms with Crippen molar-refractivity contribution in [3.8, 4) is 0 Å². The second kappa shape index (κ2) is 7.21. The van der Waals surface area contributed by atoms with Gasteiger partial charge >= 0.3 is 0 Å². The molecule has 0 radical (unpaired) electrons. The van der Waals surface area contributed by atoms with Crippen LogP contribution in [0.1, 0.15) is 15.9 Å². The first-order chi connectivity index (χ1) is 9.75. The molecule has 0 saturated heterocycles. The zero-order chi connectivity index (χ0) is 14.2. The average molecular weight is 286 g/mol. The van der Waals surface area contributed by atoms with Gasteiger partial charge in [-0.1, -0.05) is 41.9 Å². The number of benzene rings is 1. The molecule has 2 rings (SSSR count). The number of halogens is 1. The number of hydrogen-bond acceptors (Lipinski definition) is 3. The average Bonchev–Trinajstić information content (AvgIpc) is 2.49. The minimum atomic E-state index is -0.312. The van der Waals surface area contributed by atoms with E-state index in [9.17, 15) is 4.79 Å². The van der Waals surface area contributed by atoms with E-state index >= 15 is 0 Å². The number of carbonyl (C=O) groups excluding carboxylic acids is 1. The van der Waals surface area contributed by atoms with Crippen molar-refractivity contribution in [1.82, 2.24) is 10.4 Å². The molecule has 4 nitrogen and oxygen atoms in total. The Morgan fingerprint density at radius 1 is 1.15 bits per heavy atom. The molecule has 0 unspecified atom stereocenters. The third-order valence-electron chi connectivity index (χ3n) is 2.40. The van der Waals surface area contributed by atoms with Gasteiger partial charge in [-0.3, -0.25) is 9.78 Å². The minimum absolute atomic E-state index is 0.312. The maximum atomic E-state index is 11.7. The zero-order valence-corrected chi connectivity index (χ0v) is 11.3. The molecule has 0 aliphatic carbocycles. The van der Waals surface area contributed by atoms with Gasteiger partial charge in [0.1, 0.15) is 0 Å². The largest absolute Gasteiger partial charge is 0.271 e. The van der Waals surface area contributed by atoms with Crippen molar-refractivity contribution < 1.29 is 4.79 Å². The summed E-state index contributed by atoms with van der Waals surface area (Å²) in [5.41, 5.74) is 3.84. The molecule has 0 bridgehead atoms. The summed E-state index contributed by atoms with van der Waals surface area (Å²) in [5.74, 6) is -0.312. The molecule has 1 aromatic carbocycles. The quantitative estimate of drug-likeness (QED) is 0.693. The van der Waals surface area contributed by atoms with Gasteiger partial charge in [-0.15, -0.1) is 0 Å². The lowest BCUT2D eigenvalue weighted by Gasteiger charge is -1.98. The number of hydrogen-bond donors (Lipinski definition) is 1. The molecule has 2 aromatic rings. The summed E-state index contributed by atoms with van der Waals surface area (Å²) in [7, 11) is 0. The van der Waals surface area contributed by atoms with Crippen molar-refractivity contribution in [2.24, 2.45) is 5.10 Å². The molecule has 20 heavy (non-hydrogen) atoms. The van der Waals surface area contributed by atoms with Gasteiger partial charge in [0.25, 0.3) is 5.91 Å². The summed E-state index contributed by atoms with van der Waals surface area (Å²) in [6, 6.07) is 12.8. The van der Waals surface area contributed by atoms with Crippen molar-refractivity contribution >= 4 is 29.8 Å². The number of nitrogens with zero attached hydrogens (tertiary/aromatic N) is 2. The Hall–Kier alpha value is -2.46. The number of amides is 1. The Morgan fingerprint density at radius 3 is 2.55 bits per heavy atom. The van der Waals surface area contributed by atoms with Crippen molar-refractivity contribution in [2.45, 2.75) is 0 Å². The lowest BCUT2D eigenvalue weighted by Crippen LogP contribution is -2.17. The fraction of sp³-hybridized carbons (Fsp3) is 0. The molecule has 1 amide bonds. The van der Waals surface area contributed by atoms with E-state index in [1.54, 1.807) is 30.6 Å². The van der Waals surface area contributed by atoms with E-state index in [1.807, 2.05) is 30.3 Å². The van der Waals surface area contributed by atoms with Crippen LogP contribution in [0.2, 0.25) is 0 Å². The number of allylic oxidation sites excluding steroid dienone is 1. The molecule has 1 aromatic heterocycles. The normalized spacial score (nSPS) is 11.6. The van der Waals surface area contributed by atoms with Crippen LogP contribution >= 0.6 is 11.6 Å². The highest BCUT2D eigenvalue weighted by molar-refractivity contribution is 6.41. The number of carbonyl (C=O) groups is 1. The molecule has 1 heterocycles. The molecule has 1 N–H and O–H groups in total. The molecule has 0 atom stereocenters. The maximum Gasteiger partial charge on any atom is 0.271 e. The third kappa shape index (κ3) is 4.33. The summed E-state index contributed by atoms with van der Waals surface area (Å²) in [6.07, 6.45) is 6.22. The first kappa shape index (κ1) is 14.0. The standard InChI is InChI=1S/C15H12ClN3O/c16-14(10-12-4-2-1-3-5-12)11-18-19-15(20)13-6-8-17-9-7-13/h1-11H,(H,19,20)/b14-10-,18-11-. The van der Waals surface area contributed by atoms with Gasteiger partial charge in [-0.2, -0.15) is 5.10 Å². The highest BCUT2D eigenvalue weighted by atomic mass is 35.5. The number of rotatable bonds is 4. The van der Waals surface area contributed by atoms with Crippen LogP contribution in [-0.2, 0) is 0 Å². The summed E-state index contributed by atoms with van der Waals surface area (Å²) in [6.45, 7) is 0. The van der Waals surface area contributed by atoms with Gasteiger partial charge in [0.15, 0.2) is 0 Å². The molecule has 0 saturated carbocycles. The maximum absolute atomic E-state index is 11.7. The minimum Gasteiger partial charge on any atom is -0.267 e. The second-order valence-corrected chi connectivity index (χ2v) is 4.31. The number of aromatic nitrogens is 1. The Kier molecular flexibility index (Phi) is 5.03. The van der Waals surface area contributed by atoms with Gasteiger partial charge in [0, 0.05) is 18.0 Å². The van der Waals surface area contributed by atoms with Crippen molar-refractivity contribution in [3.63, 3.8) is 0 Å². The van der Waals surface area contributed by atoms with Gasteiger partial charge in [-0.05, 0) is 23.8 Å². The molecule has 0 aliphatic heterocycles. The van der Waals surface area contributed by atoms with Crippen LogP contribution in [0.15, 0.2) is 65.0 Å². The highest BCUT2D eigenvalue weighted by Gasteiger charge is 2.01. The number of pyridine rings is 1. The predicted octanol–water partition coefficient (Wildman–Crippen LogP) is 3.08. The topological polar surface area (TPSA) is 54.4 Å². The van der Waals surface area contributed by atoms with Gasteiger partial charge in [0.2, 0.25) is 0 Å². The zero-order valence-electron chi connectivity index (χ0n) is 10.5. The lowest BCUT2D eigenvalue weighted by atomic mass is 10.2. The SMILES string of the molecule is O=C(N/N=C\C(Cl)=C\c1ccccc1)c1ccncc1. The second-order valence-electron chi connectivity index (χ2n) is 3.87. The monoisotopic (exact) mass is 285 g/mol. The molecular formula is C15H12ClN3O. The summed E-state index contributed by atoms with van der Waals surface area (Å²) in [5, 5.41) is 4.22. The molecule has 100 valence electrons. The molecule has 0 fully saturated rings. The smallest absolute Gasteiger partial charge is 0.267 e. The van der Waals surface area contributed by atoms with Crippen LogP contribution in [-0.4, -0.2) is 17.1 Å². The van der Waals surface area contributed by atoms with E-state index in [-0.39, 0.29) is 5.91 Å². The number of nitrogens with one attached hydrogen (secondary N) is 1. The molecule has 5 heteroatoms. The molecular weight excluding hydrogens is 274 g/mol. The van der Waals surface area contributed by atoms with Crippen molar-refractivity contribution in [1.29, 1.82) is 0 Å². The predicted molar refractivity (Wildman–Crippen MR) is 80.5 cm³/mol. The van der Waals surface area contributed by atoms with E-state index in [4.69, 9.17) is 11.6 Å². The highest BCUT2D eigenvalue weighted by Crippen LogP contribution is 2.07. The Labute approximate surface area is 121 Å². The van der Waals surface area contributed by atoms with Crippen LogP contribution in [0.3, 0.4) is 0 Å². The summed E-state index contributed by atoms with van der Waals surface area (Å²) in [4.78, 5) is 15.5. The summed E-state index contributed by atoms with van der Waals surface area (Å²) >= 11 is 6.00. The Balaban J connectivity index is 1.94. The van der Waals surface area contributed by atoms with E-state index < -0.39 is 0 Å². The van der Waals surface area contributed by atoms with E-state index in [0.717, 1.165) is 5.56 Å². The van der Waals surface area contributed by atoms with Crippen molar-refractivity contribution in [2.75, 3.05) is 0 Å². The van der Waals surface area contributed by atoms with Gasteiger partial charge in [0.05, 0.1) is 11.2 Å². The fourth-order valence-electron chi connectivity index (χ4n) is 1.47. The third-order valence-corrected chi connectivity index (χ3v) is 2.61. The Bertz CT molecular complexity index is 624. The number of hydrazone groups is 1. The fourth-order valence-corrected chi connectivity index (χ4v) is 1.64. The summed E-state index contributed by atoms with van der Waals surface area (Å²) < 4.78 is 0. The van der Waals surface area contributed by atoms with Crippen LogP contribution in [0.4, 0.5) is 0 Å². The van der Waals surface area contributed by atoms with Crippen LogP contribution < -0.4 is 5.43 Å². The van der Waals surface area contributed by atoms with E-state index in [2.05, 4.69) is 15.5 Å². The first-order valence-corrected chi connectivity index (χ1v) is 6.29. The van der Waals surface area contributed by atoms with E-state index in [1.165, 1.54) is 6.21 Å². The van der Waals surface area contributed by atoms with Gasteiger partial charge < -0.3 is 0 Å². The first-order valence-electron chi connectivity index (χ1n) is 5.91. The lowest BCUT2D eigenvalue weighted by molar-refractivity contribution is 0.0955. The van der Waals surface area contributed by atoms with Crippen molar-refractivity contribution in [3.05, 3.63) is 71.0 Å². The molecule has 0 aliphatic rings. The van der Waals surface area contributed by atoms with Crippen LogP contribution in [0.25, 0.3) is 6.08 Å². The van der Waals surface area contributed by atoms with Gasteiger partial charge in [-0.25, -0.2) is 5.43 Å².